The summed E-state index contributed by atoms with van der Waals surface area (Å²) in [4.78, 5) is 10.4. The zero-order chi connectivity index (χ0) is 26.2. The first-order valence-electron chi connectivity index (χ1n) is 14.7. The van der Waals surface area contributed by atoms with Crippen LogP contribution in [0, 0.1) is 27.7 Å². The van der Waals surface area contributed by atoms with Gasteiger partial charge in [-0.3, -0.25) is 9.98 Å². The average molecular weight is 547 g/mol. The molecular weight excluding hydrogens is 495 g/mol. The molecule has 0 heterocycles. The SMILES string of the molecule is CCCCCCCCCCCCC(=N\c1ccc(C)c(C)c1)/C(CCCC)=N/c1ccc(C)c(C)c1.[Ni]. The van der Waals surface area contributed by atoms with E-state index in [1.165, 1.54) is 104 Å². The maximum atomic E-state index is 5.21. The zero-order valence-electron chi connectivity index (χ0n) is 24.6. The third kappa shape index (κ3) is 13.1. The summed E-state index contributed by atoms with van der Waals surface area (Å²) in [5, 5.41) is 0. The van der Waals surface area contributed by atoms with Crippen LogP contribution in [-0.2, 0) is 16.5 Å². The minimum atomic E-state index is 0. The van der Waals surface area contributed by atoms with Gasteiger partial charge in [0, 0.05) is 16.5 Å². The molecule has 0 unspecified atom stereocenters. The average Bonchev–Trinajstić information content (AvgIpc) is 2.86. The van der Waals surface area contributed by atoms with E-state index in [0.29, 0.717) is 0 Å². The Morgan fingerprint density at radius 2 is 0.865 bits per heavy atom. The Morgan fingerprint density at radius 3 is 1.27 bits per heavy atom. The molecule has 0 amide bonds. The Balaban J connectivity index is 0.00000684. The molecule has 0 aliphatic heterocycles. The second kappa shape index (κ2) is 19.4. The van der Waals surface area contributed by atoms with Crippen molar-refractivity contribution >= 4 is 22.8 Å². The van der Waals surface area contributed by atoms with Gasteiger partial charge in [0.25, 0.3) is 0 Å². The zero-order valence-corrected chi connectivity index (χ0v) is 25.6. The van der Waals surface area contributed by atoms with Crippen molar-refractivity contribution in [3.05, 3.63) is 58.7 Å². The maximum Gasteiger partial charge on any atom is 0.0636 e. The van der Waals surface area contributed by atoms with Crippen molar-refractivity contribution in [2.24, 2.45) is 9.98 Å². The molecule has 0 atom stereocenters. The van der Waals surface area contributed by atoms with E-state index in [1.807, 2.05) is 0 Å². The number of hydrogen-bond donors (Lipinski definition) is 0. The smallest absolute Gasteiger partial charge is 0.0636 e. The molecule has 2 aromatic carbocycles. The Kier molecular flexibility index (Phi) is 17.4. The predicted molar refractivity (Wildman–Crippen MR) is 162 cm³/mol. The normalized spacial score (nSPS) is 12.1. The van der Waals surface area contributed by atoms with E-state index in [4.69, 9.17) is 9.98 Å². The molecule has 2 nitrogen and oxygen atoms in total. The van der Waals surface area contributed by atoms with E-state index >= 15 is 0 Å². The van der Waals surface area contributed by atoms with E-state index in [0.717, 1.165) is 30.6 Å². The molecule has 0 aliphatic rings. The summed E-state index contributed by atoms with van der Waals surface area (Å²) < 4.78 is 0. The van der Waals surface area contributed by atoms with Gasteiger partial charge in [-0.15, -0.1) is 0 Å². The molecule has 0 bridgehead atoms. The van der Waals surface area contributed by atoms with E-state index in [9.17, 15) is 0 Å². The summed E-state index contributed by atoms with van der Waals surface area (Å²) in [5.41, 5.74) is 9.71. The van der Waals surface area contributed by atoms with Crippen LogP contribution < -0.4 is 0 Å². The first kappa shape index (κ1) is 33.3. The van der Waals surface area contributed by atoms with E-state index in [-0.39, 0.29) is 16.5 Å². The van der Waals surface area contributed by atoms with Gasteiger partial charge in [0.2, 0.25) is 0 Å². The van der Waals surface area contributed by atoms with Crippen molar-refractivity contribution in [3.8, 4) is 0 Å². The first-order valence-corrected chi connectivity index (χ1v) is 14.7. The second-order valence-electron chi connectivity index (χ2n) is 10.7. The summed E-state index contributed by atoms with van der Waals surface area (Å²) >= 11 is 0. The quantitative estimate of drug-likeness (QED) is 0.107. The molecule has 37 heavy (non-hydrogen) atoms. The standard InChI is InChI=1S/C34H52N2.Ni/c1-7-9-11-12-13-14-15-16-17-18-20-34(36-32-24-22-28(4)30(6)26-32)33(19-10-8-2)35-31-23-21-27(3)29(5)25-31;/h21-26H,7-20H2,1-6H3;/b35-33+,36-34+;. The van der Waals surface area contributed by atoms with Gasteiger partial charge >= 0.3 is 0 Å². The minimum absolute atomic E-state index is 0. The summed E-state index contributed by atoms with van der Waals surface area (Å²) in [6, 6.07) is 13.1. The fraction of sp³-hybridized carbons (Fsp3) is 0.588. The summed E-state index contributed by atoms with van der Waals surface area (Å²) in [6.07, 6.45) is 17.8. The van der Waals surface area contributed by atoms with Gasteiger partial charge < -0.3 is 0 Å². The largest absolute Gasteiger partial charge is 0.252 e. The maximum absolute atomic E-state index is 5.21. The molecule has 0 saturated heterocycles. The molecule has 2 rings (SSSR count). The fourth-order valence-electron chi connectivity index (χ4n) is 4.56. The van der Waals surface area contributed by atoms with E-state index in [1.54, 1.807) is 0 Å². The Labute approximate surface area is 238 Å². The molecule has 0 fully saturated rings. The molecule has 208 valence electrons. The number of unbranched alkanes of at least 4 members (excludes halogenated alkanes) is 10. The Bertz CT molecular complexity index is 974. The van der Waals surface area contributed by atoms with Crippen LogP contribution in [0.15, 0.2) is 46.4 Å². The van der Waals surface area contributed by atoms with Gasteiger partial charge in [0.05, 0.1) is 22.8 Å². The van der Waals surface area contributed by atoms with Crippen LogP contribution in [0.3, 0.4) is 0 Å². The molecule has 0 aliphatic carbocycles. The van der Waals surface area contributed by atoms with Crippen molar-refractivity contribution in [1.82, 2.24) is 0 Å². The number of hydrogen-bond acceptors (Lipinski definition) is 2. The molecular formula is C34H52N2Ni. The van der Waals surface area contributed by atoms with Gasteiger partial charge in [-0.05, 0) is 99.9 Å². The van der Waals surface area contributed by atoms with Gasteiger partial charge in [-0.2, -0.15) is 0 Å². The minimum Gasteiger partial charge on any atom is -0.252 e. The number of rotatable bonds is 17. The molecule has 0 spiro atoms. The van der Waals surface area contributed by atoms with Crippen LogP contribution in [0.2, 0.25) is 0 Å². The van der Waals surface area contributed by atoms with Crippen LogP contribution in [0.4, 0.5) is 11.4 Å². The number of aliphatic imine (C=N–C) groups is 2. The molecule has 0 radical (unpaired) electrons. The third-order valence-corrected chi connectivity index (χ3v) is 7.38. The number of nitrogens with zero attached hydrogens (tertiary/aromatic N) is 2. The monoisotopic (exact) mass is 546 g/mol. The van der Waals surface area contributed by atoms with Gasteiger partial charge in [-0.1, -0.05) is 90.2 Å². The first-order chi connectivity index (χ1) is 17.4. The topological polar surface area (TPSA) is 24.7 Å². The third-order valence-electron chi connectivity index (χ3n) is 7.38. The van der Waals surface area contributed by atoms with Crippen LogP contribution in [0.1, 0.15) is 126 Å². The fourth-order valence-corrected chi connectivity index (χ4v) is 4.56. The molecule has 0 saturated carbocycles. The number of benzene rings is 2. The molecule has 3 heteroatoms. The molecule has 2 aromatic rings. The predicted octanol–water partition coefficient (Wildman–Crippen LogP) is 11.3. The second-order valence-corrected chi connectivity index (χ2v) is 10.7. The van der Waals surface area contributed by atoms with Gasteiger partial charge in [0.1, 0.15) is 0 Å². The van der Waals surface area contributed by atoms with Crippen LogP contribution in [-0.4, -0.2) is 11.4 Å². The van der Waals surface area contributed by atoms with Crippen LogP contribution >= 0.6 is 0 Å². The van der Waals surface area contributed by atoms with Gasteiger partial charge in [-0.25, -0.2) is 0 Å². The van der Waals surface area contributed by atoms with Crippen LogP contribution in [0.25, 0.3) is 0 Å². The van der Waals surface area contributed by atoms with Crippen molar-refractivity contribution in [2.45, 2.75) is 131 Å². The van der Waals surface area contributed by atoms with Gasteiger partial charge in [0.15, 0.2) is 0 Å². The Hall–Kier alpha value is -1.73. The van der Waals surface area contributed by atoms with Crippen molar-refractivity contribution < 1.29 is 16.5 Å². The van der Waals surface area contributed by atoms with Crippen molar-refractivity contribution in [3.63, 3.8) is 0 Å². The summed E-state index contributed by atoms with van der Waals surface area (Å²) in [6.45, 7) is 13.2. The van der Waals surface area contributed by atoms with E-state index in [2.05, 4.69) is 77.9 Å². The van der Waals surface area contributed by atoms with Crippen LogP contribution in [0.5, 0.6) is 0 Å². The summed E-state index contributed by atoms with van der Waals surface area (Å²) in [5.74, 6) is 0. The molecule has 0 N–H and O–H groups in total. The molecule has 0 aromatic heterocycles. The summed E-state index contributed by atoms with van der Waals surface area (Å²) in [7, 11) is 0. The van der Waals surface area contributed by atoms with E-state index < -0.39 is 0 Å². The van der Waals surface area contributed by atoms with Crippen molar-refractivity contribution in [1.29, 1.82) is 0 Å². The number of aryl methyl sites for hydroxylation is 4. The Morgan fingerprint density at radius 1 is 0.486 bits per heavy atom. The van der Waals surface area contributed by atoms with Crippen molar-refractivity contribution in [2.75, 3.05) is 0 Å².